The Labute approximate surface area is 400 Å². The molecule has 1 atom stereocenters. The molecule has 0 aliphatic heterocycles. The lowest BCUT2D eigenvalue weighted by Gasteiger charge is -2.18. The molecule has 0 aromatic heterocycles. The summed E-state index contributed by atoms with van der Waals surface area (Å²) in [5.41, 5.74) is 0. The molecule has 65 heavy (non-hydrogen) atoms. The van der Waals surface area contributed by atoms with Gasteiger partial charge in [0.15, 0.2) is 6.10 Å². The third-order valence-corrected chi connectivity index (χ3v) is 11.2. The quantitative estimate of drug-likeness (QED) is 0.0199. The number of carbonyl (C=O) groups is 3. The van der Waals surface area contributed by atoms with Crippen molar-refractivity contribution in [2.24, 2.45) is 0 Å². The summed E-state index contributed by atoms with van der Waals surface area (Å²) in [5.74, 6) is -1.01. The molecule has 0 bridgehead atoms. The van der Waals surface area contributed by atoms with E-state index in [2.05, 4.69) is 81.5 Å². The Morgan fingerprint density at radius 3 is 1.17 bits per heavy atom. The van der Waals surface area contributed by atoms with Gasteiger partial charge in [-0.1, -0.05) is 240 Å². The highest BCUT2D eigenvalue weighted by Gasteiger charge is 2.19. The van der Waals surface area contributed by atoms with Crippen molar-refractivity contribution in [3.8, 4) is 0 Å². The number of esters is 3. The first-order valence-electron chi connectivity index (χ1n) is 26.8. The number of hydrogen-bond acceptors (Lipinski definition) is 6. The topological polar surface area (TPSA) is 78.9 Å². The van der Waals surface area contributed by atoms with Crippen LogP contribution < -0.4 is 0 Å². The second-order valence-electron chi connectivity index (χ2n) is 17.5. The molecule has 0 aliphatic rings. The van der Waals surface area contributed by atoms with Crippen molar-refractivity contribution in [2.75, 3.05) is 13.2 Å². The highest BCUT2D eigenvalue weighted by atomic mass is 16.6. The van der Waals surface area contributed by atoms with E-state index in [4.69, 9.17) is 14.2 Å². The molecule has 6 nitrogen and oxygen atoms in total. The van der Waals surface area contributed by atoms with Gasteiger partial charge < -0.3 is 14.2 Å². The van der Waals surface area contributed by atoms with E-state index in [0.717, 1.165) is 77.0 Å². The van der Waals surface area contributed by atoms with Crippen LogP contribution in [0.4, 0.5) is 0 Å². The molecule has 0 rings (SSSR count). The summed E-state index contributed by atoms with van der Waals surface area (Å²) in [6.07, 6.45) is 69.7. The molecule has 6 heteroatoms. The summed E-state index contributed by atoms with van der Waals surface area (Å²) in [6.45, 7) is 6.39. The minimum absolute atomic E-state index is 0.114. The molecular formula is C59H98O6. The van der Waals surface area contributed by atoms with E-state index in [-0.39, 0.29) is 37.5 Å². The smallest absolute Gasteiger partial charge is 0.306 e. The fourth-order valence-electron chi connectivity index (χ4n) is 7.15. The summed E-state index contributed by atoms with van der Waals surface area (Å²) in [4.78, 5) is 38.0. The SMILES string of the molecule is CC\C=C/C=C\C=C/C=C\CCCCCC(=O)OCC(COC(=O)CCC/C=C\C/C=C\C/C=C\C/C=C\CCCCC)OC(=O)CCCCCCCCCCCCCCCCCCC. The van der Waals surface area contributed by atoms with Crippen molar-refractivity contribution in [3.63, 3.8) is 0 Å². The van der Waals surface area contributed by atoms with Crippen molar-refractivity contribution in [1.29, 1.82) is 0 Å². The number of carbonyl (C=O) groups excluding carboxylic acids is 3. The molecule has 1 unspecified atom stereocenters. The number of allylic oxidation sites excluding steroid dienone is 16. The third kappa shape index (κ3) is 51.2. The lowest BCUT2D eigenvalue weighted by molar-refractivity contribution is -0.167. The van der Waals surface area contributed by atoms with E-state index >= 15 is 0 Å². The minimum atomic E-state index is -0.814. The lowest BCUT2D eigenvalue weighted by atomic mass is 10.0. The van der Waals surface area contributed by atoms with Crippen molar-refractivity contribution in [2.45, 2.75) is 245 Å². The van der Waals surface area contributed by atoms with Gasteiger partial charge in [-0.05, 0) is 77.0 Å². The Morgan fingerprint density at radius 1 is 0.338 bits per heavy atom. The second-order valence-corrected chi connectivity index (χ2v) is 17.5. The molecular weight excluding hydrogens is 805 g/mol. The molecule has 0 spiro atoms. The summed E-state index contributed by atoms with van der Waals surface area (Å²) in [7, 11) is 0. The maximum atomic E-state index is 12.8. The summed E-state index contributed by atoms with van der Waals surface area (Å²) < 4.78 is 16.7. The van der Waals surface area contributed by atoms with Crippen LogP contribution in [0.1, 0.15) is 239 Å². The molecule has 0 aromatic rings. The zero-order valence-electron chi connectivity index (χ0n) is 42.2. The average molecular weight is 903 g/mol. The number of hydrogen-bond donors (Lipinski definition) is 0. The molecule has 0 heterocycles. The Hall–Kier alpha value is -3.67. The Kier molecular flexibility index (Phi) is 50.0. The standard InChI is InChI=1S/C59H98O6/c1-4-7-10-13-16-19-22-25-27-29-31-34-37-40-43-46-49-52-58(61)64-55-56(54-63-57(60)51-48-45-42-39-36-33-24-21-18-15-12-9-6-3)65-59(62)53-50-47-44-41-38-35-32-30-28-26-23-20-17-14-11-8-5-2/h9,12,15-16,18-19,21,24-25,27,31,33-34,36,40,43,56H,4-8,10-11,13-14,17,20,22-23,26,28-30,32,35,37-39,41-42,44-55H2,1-3H3/b12-9-,18-15-,19-16-,24-21-,27-25-,34-31-,36-33-,43-40-. The summed E-state index contributed by atoms with van der Waals surface area (Å²) in [6, 6.07) is 0. The first-order valence-corrected chi connectivity index (χ1v) is 26.8. The predicted molar refractivity (Wildman–Crippen MR) is 279 cm³/mol. The van der Waals surface area contributed by atoms with Gasteiger partial charge in [-0.15, -0.1) is 0 Å². The maximum Gasteiger partial charge on any atom is 0.306 e. The first kappa shape index (κ1) is 61.3. The van der Waals surface area contributed by atoms with Crippen molar-refractivity contribution >= 4 is 17.9 Å². The van der Waals surface area contributed by atoms with Crippen LogP contribution in [0.5, 0.6) is 0 Å². The van der Waals surface area contributed by atoms with Gasteiger partial charge in [0.1, 0.15) is 13.2 Å². The molecule has 0 saturated carbocycles. The Morgan fingerprint density at radius 2 is 0.677 bits per heavy atom. The molecule has 0 N–H and O–H groups in total. The van der Waals surface area contributed by atoms with Crippen LogP contribution in [0.15, 0.2) is 97.2 Å². The van der Waals surface area contributed by atoms with Crippen molar-refractivity contribution in [3.05, 3.63) is 97.2 Å². The first-order chi connectivity index (χ1) is 32.0. The van der Waals surface area contributed by atoms with Gasteiger partial charge >= 0.3 is 17.9 Å². The van der Waals surface area contributed by atoms with E-state index in [1.807, 2.05) is 36.5 Å². The highest BCUT2D eigenvalue weighted by molar-refractivity contribution is 5.71. The van der Waals surface area contributed by atoms with E-state index in [1.54, 1.807) is 0 Å². The van der Waals surface area contributed by atoms with Gasteiger partial charge in [-0.25, -0.2) is 0 Å². The van der Waals surface area contributed by atoms with Gasteiger partial charge in [0.05, 0.1) is 0 Å². The minimum Gasteiger partial charge on any atom is -0.462 e. The van der Waals surface area contributed by atoms with Crippen molar-refractivity contribution in [1.82, 2.24) is 0 Å². The summed E-state index contributed by atoms with van der Waals surface area (Å²) in [5, 5.41) is 0. The van der Waals surface area contributed by atoms with Crippen molar-refractivity contribution < 1.29 is 28.6 Å². The van der Waals surface area contributed by atoms with E-state index in [9.17, 15) is 14.4 Å². The van der Waals surface area contributed by atoms with Gasteiger partial charge in [0.25, 0.3) is 0 Å². The molecule has 370 valence electrons. The van der Waals surface area contributed by atoms with Gasteiger partial charge in [-0.3, -0.25) is 14.4 Å². The Bertz CT molecular complexity index is 1310. The monoisotopic (exact) mass is 903 g/mol. The van der Waals surface area contributed by atoms with E-state index in [1.165, 1.54) is 116 Å². The molecule has 0 aromatic carbocycles. The van der Waals surface area contributed by atoms with Gasteiger partial charge in [-0.2, -0.15) is 0 Å². The zero-order chi connectivity index (χ0) is 47.2. The van der Waals surface area contributed by atoms with Crippen LogP contribution >= 0.6 is 0 Å². The largest absolute Gasteiger partial charge is 0.462 e. The fourth-order valence-corrected chi connectivity index (χ4v) is 7.15. The lowest BCUT2D eigenvalue weighted by Crippen LogP contribution is -2.30. The average Bonchev–Trinajstić information content (AvgIpc) is 3.30. The molecule has 0 aliphatic carbocycles. The van der Waals surface area contributed by atoms with Crippen LogP contribution in [-0.4, -0.2) is 37.2 Å². The van der Waals surface area contributed by atoms with Gasteiger partial charge in [0.2, 0.25) is 0 Å². The van der Waals surface area contributed by atoms with Crippen LogP contribution in [-0.2, 0) is 28.6 Å². The fraction of sp³-hybridized carbons (Fsp3) is 0.678. The normalized spacial score (nSPS) is 12.8. The third-order valence-electron chi connectivity index (χ3n) is 11.2. The second kappa shape index (κ2) is 52.9. The Balaban J connectivity index is 4.50. The highest BCUT2D eigenvalue weighted by Crippen LogP contribution is 2.15. The predicted octanol–water partition coefficient (Wildman–Crippen LogP) is 17.8. The summed E-state index contributed by atoms with van der Waals surface area (Å²) >= 11 is 0. The maximum absolute atomic E-state index is 12.8. The van der Waals surface area contributed by atoms with Gasteiger partial charge in [0, 0.05) is 19.3 Å². The van der Waals surface area contributed by atoms with Crippen LogP contribution in [0.2, 0.25) is 0 Å². The molecule has 0 fully saturated rings. The number of unbranched alkanes of at least 4 members (excludes halogenated alkanes) is 23. The van der Waals surface area contributed by atoms with Crippen LogP contribution in [0, 0.1) is 0 Å². The van der Waals surface area contributed by atoms with Crippen LogP contribution in [0.25, 0.3) is 0 Å². The molecule has 0 radical (unpaired) electrons. The number of ether oxygens (including phenoxy) is 3. The molecule has 0 saturated heterocycles. The molecule has 0 amide bonds. The van der Waals surface area contributed by atoms with E-state index < -0.39 is 6.10 Å². The zero-order valence-corrected chi connectivity index (χ0v) is 42.2. The van der Waals surface area contributed by atoms with E-state index in [0.29, 0.717) is 19.3 Å². The number of rotatable bonds is 47. The van der Waals surface area contributed by atoms with Crippen LogP contribution in [0.3, 0.4) is 0 Å².